The Hall–Kier alpha value is -0.0849. The van der Waals surface area contributed by atoms with E-state index in [4.69, 9.17) is 34.2 Å². The summed E-state index contributed by atoms with van der Waals surface area (Å²) >= 11 is 0. The van der Waals surface area contributed by atoms with E-state index in [2.05, 4.69) is 131 Å². The molecule has 0 saturated heterocycles. The summed E-state index contributed by atoms with van der Waals surface area (Å²) in [6.07, 6.45) is 3.71. The minimum Gasteiger partial charge on any atom is -0.463 e. The van der Waals surface area contributed by atoms with E-state index in [1.807, 2.05) is 0 Å². The molecule has 48 heavy (non-hydrogen) atoms. The lowest BCUT2D eigenvalue weighted by molar-refractivity contribution is -0.138. The molecule has 0 radical (unpaired) electrons. The van der Waals surface area contributed by atoms with Crippen LogP contribution < -0.4 is 0 Å². The maximum Gasteiger partial charge on any atom is 0.469 e. The first-order chi connectivity index (χ1) is 21.2. The van der Waals surface area contributed by atoms with Crippen LogP contribution in [-0.4, -0.2) is 92.7 Å². The largest absolute Gasteiger partial charge is 0.469 e. The summed E-state index contributed by atoms with van der Waals surface area (Å²) in [6, 6.07) is 1.35. The second-order valence-corrected chi connectivity index (χ2v) is 51.6. The Balaban J connectivity index is 0. The number of rotatable bonds is 22. The van der Waals surface area contributed by atoms with E-state index in [1.165, 1.54) is 12.2 Å². The number of carbonyl (C=O) groups excluding carboxylic acids is 2. The number of hydrogen-bond donors (Lipinski definition) is 0. The SMILES string of the molecule is C=CC(=O)OCCC[Si](O[Si](C)(C)C)(O[Si](C)(C)C)O[Si](C)(C)C.C=CC(=O)OCCC[Si](O[Si](C)(C)C)(O[Si](C)(C)C)O[Si](C)(C)C. The predicted molar refractivity (Wildman–Crippen MR) is 219 cm³/mol. The molecule has 0 N–H and O–H groups in total. The monoisotopic (exact) mass is 816 g/mol. The van der Waals surface area contributed by atoms with E-state index in [9.17, 15) is 9.59 Å². The van der Waals surface area contributed by atoms with Gasteiger partial charge in [-0.05, 0) is 131 Å². The summed E-state index contributed by atoms with van der Waals surface area (Å²) in [5.74, 6) is -0.795. The highest BCUT2D eigenvalue weighted by Gasteiger charge is 2.50. The molecule has 0 saturated carbocycles. The minimum absolute atomic E-state index is 0.332. The first kappa shape index (κ1) is 50.0. The van der Waals surface area contributed by atoms with Crippen molar-refractivity contribution in [1.82, 2.24) is 0 Å². The lowest BCUT2D eigenvalue weighted by Gasteiger charge is -2.43. The highest BCUT2D eigenvalue weighted by Crippen LogP contribution is 2.31. The van der Waals surface area contributed by atoms with Crippen molar-refractivity contribution in [3.63, 3.8) is 0 Å². The molecule has 0 aromatic carbocycles. The van der Waals surface area contributed by atoms with Crippen molar-refractivity contribution in [2.45, 2.75) is 143 Å². The van der Waals surface area contributed by atoms with Crippen molar-refractivity contribution in [3.8, 4) is 0 Å². The maximum atomic E-state index is 11.2. The smallest absolute Gasteiger partial charge is 0.463 e. The fourth-order valence-corrected chi connectivity index (χ4v) is 33.5. The van der Waals surface area contributed by atoms with Gasteiger partial charge in [0.15, 0.2) is 49.9 Å². The Morgan fingerprint density at radius 1 is 0.417 bits per heavy atom. The second kappa shape index (κ2) is 20.2. The van der Waals surface area contributed by atoms with E-state index in [0.717, 1.165) is 0 Å². The molecule has 0 spiro atoms. The normalized spacial score (nSPS) is 13.7. The van der Waals surface area contributed by atoms with Crippen LogP contribution in [0.1, 0.15) is 12.8 Å². The van der Waals surface area contributed by atoms with Gasteiger partial charge >= 0.3 is 29.5 Å². The molecule has 0 heterocycles. The molecule has 284 valence electrons. The van der Waals surface area contributed by atoms with Gasteiger partial charge in [-0.3, -0.25) is 0 Å². The van der Waals surface area contributed by atoms with Gasteiger partial charge in [0.2, 0.25) is 0 Å². The molecule has 0 bridgehead atoms. The van der Waals surface area contributed by atoms with Crippen molar-refractivity contribution < 1.29 is 43.8 Å². The average molecular weight is 818 g/mol. The van der Waals surface area contributed by atoms with Gasteiger partial charge in [0, 0.05) is 24.2 Å². The molecule has 18 heteroatoms. The predicted octanol–water partition coefficient (Wildman–Crippen LogP) is 9.20. The Labute approximate surface area is 303 Å². The van der Waals surface area contributed by atoms with Gasteiger partial charge in [0.05, 0.1) is 13.2 Å². The Kier molecular flexibility index (Phi) is 21.1. The van der Waals surface area contributed by atoms with Gasteiger partial charge < -0.3 is 34.2 Å². The zero-order chi connectivity index (χ0) is 38.5. The van der Waals surface area contributed by atoms with E-state index in [0.29, 0.717) is 38.1 Å². The number of hydrogen-bond acceptors (Lipinski definition) is 10. The van der Waals surface area contributed by atoms with Gasteiger partial charge in [-0.25, -0.2) is 9.59 Å². The van der Waals surface area contributed by atoms with Crippen LogP contribution in [0.3, 0.4) is 0 Å². The van der Waals surface area contributed by atoms with Crippen molar-refractivity contribution >= 4 is 79.5 Å². The molecule has 0 aliphatic rings. The van der Waals surface area contributed by atoms with E-state index < -0.39 is 79.5 Å². The summed E-state index contributed by atoms with van der Waals surface area (Å²) in [5.41, 5.74) is 0. The third-order valence-electron chi connectivity index (χ3n) is 4.85. The molecular formula is C30H72O10Si8. The molecule has 0 aromatic heterocycles. The topological polar surface area (TPSA) is 108 Å². The van der Waals surface area contributed by atoms with Gasteiger partial charge in [-0.1, -0.05) is 13.2 Å². The van der Waals surface area contributed by atoms with Crippen LogP contribution in [0.15, 0.2) is 25.3 Å². The standard InChI is InChI=1S/2C15H36O5Si4/c2*1-11-15(16)17-13-12-14-24(18-21(2,3)4,19-22(5,6)7)20-23(8,9)10/h2*11H,1,12-14H2,2-10H3. The van der Waals surface area contributed by atoms with Crippen molar-refractivity contribution in [2.24, 2.45) is 0 Å². The van der Waals surface area contributed by atoms with Crippen LogP contribution in [0.25, 0.3) is 0 Å². The fraction of sp³-hybridized carbons (Fsp3) is 0.800. The fourth-order valence-electron chi connectivity index (χ4n) is 4.27. The van der Waals surface area contributed by atoms with Crippen LogP contribution in [0.4, 0.5) is 0 Å². The van der Waals surface area contributed by atoms with Crippen molar-refractivity contribution in [2.75, 3.05) is 13.2 Å². The number of esters is 2. The zero-order valence-corrected chi connectivity index (χ0v) is 41.9. The van der Waals surface area contributed by atoms with Crippen LogP contribution >= 0.6 is 0 Å². The van der Waals surface area contributed by atoms with Gasteiger partial charge in [-0.15, -0.1) is 0 Å². The van der Waals surface area contributed by atoms with Gasteiger partial charge in [-0.2, -0.15) is 0 Å². The Morgan fingerprint density at radius 2 is 0.604 bits per heavy atom. The molecule has 0 atom stereocenters. The summed E-state index contributed by atoms with van der Waals surface area (Å²) in [5, 5.41) is 0. The molecule has 10 nitrogen and oxygen atoms in total. The summed E-state index contributed by atoms with van der Waals surface area (Å²) in [7, 11) is -16.7. The second-order valence-electron chi connectivity index (χ2n) is 17.6. The lowest BCUT2D eigenvalue weighted by Crippen LogP contribution is -2.60. The molecule has 0 fully saturated rings. The van der Waals surface area contributed by atoms with Gasteiger partial charge in [0.1, 0.15) is 0 Å². The molecule has 0 aromatic rings. The number of carbonyl (C=O) groups is 2. The average Bonchev–Trinajstić information content (AvgIpc) is 2.77. The quantitative estimate of drug-likeness (QED) is 0.0454. The van der Waals surface area contributed by atoms with Gasteiger partial charge in [0.25, 0.3) is 0 Å². The summed E-state index contributed by atoms with van der Waals surface area (Å²) in [4.78, 5) is 22.4. The molecular weight excluding hydrogens is 745 g/mol. The van der Waals surface area contributed by atoms with Crippen LogP contribution in [0.2, 0.25) is 130 Å². The van der Waals surface area contributed by atoms with Crippen molar-refractivity contribution in [1.29, 1.82) is 0 Å². The minimum atomic E-state index is -2.82. The lowest BCUT2D eigenvalue weighted by atomic mass is 10.5. The summed E-state index contributed by atoms with van der Waals surface area (Å²) in [6.45, 7) is 46.4. The Morgan fingerprint density at radius 3 is 0.750 bits per heavy atom. The van der Waals surface area contributed by atoms with Crippen LogP contribution in [0.5, 0.6) is 0 Å². The molecule has 0 aliphatic heterocycles. The third-order valence-corrected chi connectivity index (χ3v) is 28.9. The van der Waals surface area contributed by atoms with E-state index in [1.54, 1.807) is 0 Å². The first-order valence-corrected chi connectivity index (χ1v) is 41.3. The van der Waals surface area contributed by atoms with E-state index >= 15 is 0 Å². The molecule has 0 unspecified atom stereocenters. The summed E-state index contributed by atoms with van der Waals surface area (Å²) < 4.78 is 49.5. The zero-order valence-electron chi connectivity index (χ0n) is 33.9. The van der Waals surface area contributed by atoms with E-state index in [-0.39, 0.29) is 0 Å². The first-order valence-electron chi connectivity index (χ1n) is 16.9. The molecule has 0 rings (SSSR count). The highest BCUT2D eigenvalue weighted by atomic mass is 28.5. The highest BCUT2D eigenvalue weighted by molar-refractivity contribution is 6.91. The molecule has 0 aliphatic carbocycles. The third kappa shape index (κ3) is 29.6. The Bertz CT molecular complexity index is 841. The maximum absolute atomic E-state index is 11.2. The number of ether oxygens (including phenoxy) is 2. The molecule has 0 amide bonds. The van der Waals surface area contributed by atoms with Crippen LogP contribution in [0, 0.1) is 0 Å². The van der Waals surface area contributed by atoms with Crippen LogP contribution in [-0.2, 0) is 43.8 Å². The van der Waals surface area contributed by atoms with Crippen molar-refractivity contribution in [3.05, 3.63) is 25.3 Å².